The Kier molecular flexibility index (Phi) is 18.1. The third-order valence-electron chi connectivity index (χ3n) is 2.75. The average Bonchev–Trinajstić information content (AvgIpc) is 2.24. The number of hydrogen-bond acceptors (Lipinski definition) is 4. The molecule has 0 bridgehead atoms. The van der Waals surface area contributed by atoms with Crippen molar-refractivity contribution in [3.8, 4) is 0 Å². The van der Waals surface area contributed by atoms with Crippen molar-refractivity contribution in [2.75, 3.05) is 6.61 Å². The van der Waals surface area contributed by atoms with Crippen molar-refractivity contribution in [2.45, 2.75) is 71.1 Å². The second kappa shape index (κ2) is 14.9. The second-order valence-corrected chi connectivity index (χ2v) is 9.19. The summed E-state index contributed by atoms with van der Waals surface area (Å²) in [6.07, 6.45) is 12.7. The molecular formula is C12H25O2PS2Zn. The van der Waals surface area contributed by atoms with Gasteiger partial charge in [0.1, 0.15) is 0 Å². The van der Waals surface area contributed by atoms with Gasteiger partial charge in [-0.3, -0.25) is 0 Å². The number of hydrogen-bond donors (Lipinski definition) is 0. The van der Waals surface area contributed by atoms with Gasteiger partial charge in [0.05, 0.1) is 0 Å². The van der Waals surface area contributed by atoms with Gasteiger partial charge < -0.3 is 21.7 Å². The molecule has 0 radical (unpaired) electrons. The topological polar surface area (TPSA) is 32.3 Å². The molecule has 0 spiro atoms. The predicted molar refractivity (Wildman–Crippen MR) is 79.4 cm³/mol. The molecule has 104 valence electrons. The summed E-state index contributed by atoms with van der Waals surface area (Å²) >= 11 is 9.01. The van der Waals surface area contributed by atoms with Crippen molar-refractivity contribution in [3.63, 3.8) is 0 Å². The molecule has 0 N–H and O–H groups in total. The molecule has 0 fully saturated rings. The van der Waals surface area contributed by atoms with Crippen LogP contribution in [0.25, 0.3) is 0 Å². The van der Waals surface area contributed by atoms with E-state index in [2.05, 4.69) is 31.0 Å². The van der Waals surface area contributed by atoms with Gasteiger partial charge in [0, 0.05) is 6.61 Å². The third-order valence-corrected chi connectivity index (χ3v) is 3.88. The molecule has 0 heterocycles. The summed E-state index contributed by atoms with van der Waals surface area (Å²) in [5.74, 6) is 0. The Hall–Kier alpha value is 1.54. The molecule has 18 heavy (non-hydrogen) atoms. The van der Waals surface area contributed by atoms with E-state index in [0.717, 1.165) is 12.8 Å². The molecule has 0 aromatic rings. The van der Waals surface area contributed by atoms with E-state index < -0.39 is 5.69 Å². The summed E-state index contributed by atoms with van der Waals surface area (Å²) in [5, 5.41) is 0. The van der Waals surface area contributed by atoms with Crippen LogP contribution >= 0.6 is 5.69 Å². The van der Waals surface area contributed by atoms with E-state index in [1.807, 2.05) is 0 Å². The summed E-state index contributed by atoms with van der Waals surface area (Å²) in [6, 6.07) is 0. The molecule has 2 nitrogen and oxygen atoms in total. The maximum Gasteiger partial charge on any atom is 2.00 e. The molecule has 0 aromatic carbocycles. The zero-order chi connectivity index (χ0) is 13.0. The SMILES string of the molecule is CCCCCCCCCCCCOP([O-])(=S)[S-].[Zn+2]. The van der Waals surface area contributed by atoms with E-state index in [-0.39, 0.29) is 19.5 Å². The number of unbranched alkanes of at least 4 members (excludes halogenated alkanes) is 9. The van der Waals surface area contributed by atoms with Crippen molar-refractivity contribution in [3.05, 3.63) is 0 Å². The summed E-state index contributed by atoms with van der Waals surface area (Å²) in [6.45, 7) is 2.70. The van der Waals surface area contributed by atoms with Crippen LogP contribution in [0.4, 0.5) is 0 Å². The van der Waals surface area contributed by atoms with Crippen LogP contribution < -0.4 is 4.89 Å². The van der Waals surface area contributed by atoms with E-state index in [1.165, 1.54) is 51.4 Å². The molecule has 0 amide bonds. The Balaban J connectivity index is 0. The minimum atomic E-state index is -3.08. The molecule has 6 heteroatoms. The van der Waals surface area contributed by atoms with E-state index >= 15 is 0 Å². The summed E-state index contributed by atoms with van der Waals surface area (Å²) in [7, 11) is 0. The van der Waals surface area contributed by atoms with Crippen LogP contribution in [-0.2, 0) is 48.1 Å². The molecule has 0 aliphatic rings. The van der Waals surface area contributed by atoms with Gasteiger partial charge in [0.15, 0.2) is 0 Å². The molecule has 1 atom stereocenters. The Morgan fingerprint density at radius 3 is 1.72 bits per heavy atom. The first kappa shape index (κ1) is 21.8. The molecule has 1 unspecified atom stereocenters. The average molecular weight is 362 g/mol. The zero-order valence-corrected chi connectivity index (χ0v) is 17.1. The maximum atomic E-state index is 10.9. The van der Waals surface area contributed by atoms with Crippen molar-refractivity contribution >= 4 is 29.7 Å². The van der Waals surface area contributed by atoms with Crippen LogP contribution in [0, 0.1) is 0 Å². The van der Waals surface area contributed by atoms with E-state index in [1.54, 1.807) is 0 Å². The van der Waals surface area contributed by atoms with Gasteiger partial charge in [-0.15, -0.1) is 17.5 Å². The van der Waals surface area contributed by atoms with E-state index in [4.69, 9.17) is 4.52 Å². The Morgan fingerprint density at radius 1 is 0.944 bits per heavy atom. The fourth-order valence-corrected chi connectivity index (χ4v) is 2.57. The van der Waals surface area contributed by atoms with Gasteiger partial charge in [-0.2, -0.15) is 0 Å². The van der Waals surface area contributed by atoms with Gasteiger partial charge >= 0.3 is 19.5 Å². The Bertz CT molecular complexity index is 212. The van der Waals surface area contributed by atoms with Gasteiger partial charge in [-0.25, -0.2) is 0 Å². The van der Waals surface area contributed by atoms with Crippen LogP contribution in [0.1, 0.15) is 71.1 Å². The first-order chi connectivity index (χ1) is 8.06. The maximum absolute atomic E-state index is 10.9. The molecule has 0 saturated heterocycles. The van der Waals surface area contributed by atoms with Crippen LogP contribution in [0.2, 0.25) is 0 Å². The summed E-state index contributed by atoms with van der Waals surface area (Å²) in [4.78, 5) is 10.9. The summed E-state index contributed by atoms with van der Waals surface area (Å²) in [5.41, 5.74) is -3.08. The normalized spacial score (nSPS) is 13.9. The standard InChI is InChI=1S/C12H27O2PS2.Zn/c1-2-3-4-5-6-7-8-9-10-11-12-14-15(13,16)17;/h2-12H2,1H3,(H2,13,16,17);/q;+2/p-2. The first-order valence-corrected chi connectivity index (χ1v) is 10.4. The van der Waals surface area contributed by atoms with Gasteiger partial charge in [-0.05, 0) is 6.42 Å². The third kappa shape index (κ3) is 19.9. The van der Waals surface area contributed by atoms with Crippen LogP contribution in [0.3, 0.4) is 0 Å². The van der Waals surface area contributed by atoms with Gasteiger partial charge in [0.25, 0.3) is 0 Å². The summed E-state index contributed by atoms with van der Waals surface area (Å²) < 4.78 is 4.89. The smallest absolute Gasteiger partial charge is 0.819 e. The fraction of sp³-hybridized carbons (Fsp3) is 1.00. The predicted octanol–water partition coefficient (Wildman–Crippen LogP) is 4.05. The molecular weight excluding hydrogens is 337 g/mol. The molecule has 0 aliphatic heterocycles. The van der Waals surface area contributed by atoms with Crippen molar-refractivity contribution in [1.29, 1.82) is 0 Å². The monoisotopic (exact) mass is 360 g/mol. The minimum Gasteiger partial charge on any atom is -0.819 e. The fourth-order valence-electron chi connectivity index (χ4n) is 1.77. The van der Waals surface area contributed by atoms with Crippen LogP contribution in [0.15, 0.2) is 0 Å². The van der Waals surface area contributed by atoms with E-state index in [9.17, 15) is 4.89 Å². The second-order valence-electron chi connectivity index (χ2n) is 4.46. The molecule has 0 aliphatic carbocycles. The van der Waals surface area contributed by atoms with Crippen molar-refractivity contribution in [2.24, 2.45) is 0 Å². The Morgan fingerprint density at radius 2 is 1.33 bits per heavy atom. The van der Waals surface area contributed by atoms with Crippen molar-refractivity contribution < 1.29 is 28.9 Å². The minimum absolute atomic E-state index is 0. The Labute approximate surface area is 136 Å². The van der Waals surface area contributed by atoms with Crippen molar-refractivity contribution in [1.82, 2.24) is 0 Å². The quantitative estimate of drug-likeness (QED) is 0.227. The zero-order valence-electron chi connectivity index (χ0n) is 11.6. The molecule has 0 rings (SSSR count). The number of rotatable bonds is 12. The van der Waals surface area contributed by atoms with Gasteiger partial charge in [0.2, 0.25) is 0 Å². The largest absolute Gasteiger partial charge is 2.00 e. The first-order valence-electron chi connectivity index (χ1n) is 6.73. The van der Waals surface area contributed by atoms with E-state index in [0.29, 0.717) is 6.61 Å². The molecule has 0 saturated carbocycles. The van der Waals surface area contributed by atoms with Crippen LogP contribution in [0.5, 0.6) is 0 Å². The van der Waals surface area contributed by atoms with Crippen LogP contribution in [-0.4, -0.2) is 6.61 Å². The van der Waals surface area contributed by atoms with Gasteiger partial charge in [-0.1, -0.05) is 64.7 Å². The molecule has 0 aromatic heterocycles.